The molecular formula is C6H8O4P2S2. The molecule has 0 saturated carbocycles. The minimum Gasteiger partial charge on any atom is -0.345 e. The summed E-state index contributed by atoms with van der Waals surface area (Å²) in [5.41, 5.74) is 0. The van der Waals surface area contributed by atoms with Crippen molar-refractivity contribution in [2.45, 2.75) is 0 Å². The Morgan fingerprint density at radius 2 is 1.86 bits per heavy atom. The summed E-state index contributed by atoms with van der Waals surface area (Å²) >= 11 is 9.17. The van der Waals surface area contributed by atoms with Gasteiger partial charge in [-0.25, -0.2) is 0 Å². The molecule has 0 fully saturated rings. The first-order chi connectivity index (χ1) is 6.52. The highest BCUT2D eigenvalue weighted by Crippen LogP contribution is 2.43. The lowest BCUT2D eigenvalue weighted by Gasteiger charge is -2.13. The van der Waals surface area contributed by atoms with Gasteiger partial charge >= 0.3 is 0 Å². The monoisotopic (exact) mass is 270 g/mol. The minimum absolute atomic E-state index is 0.452. The van der Waals surface area contributed by atoms with Gasteiger partial charge in [-0.15, -0.1) is 0 Å². The van der Waals surface area contributed by atoms with Crippen LogP contribution in [0.25, 0.3) is 0 Å². The minimum atomic E-state index is -3.19. The number of benzene rings is 1. The molecule has 0 amide bonds. The Bertz CT molecular complexity index is 369. The van der Waals surface area contributed by atoms with E-state index in [2.05, 4.69) is 21.2 Å². The van der Waals surface area contributed by atoms with E-state index in [-0.39, 0.29) is 0 Å². The second-order valence-corrected chi connectivity index (χ2v) is 7.22. The van der Waals surface area contributed by atoms with E-state index < -0.39 is 13.6 Å². The molecule has 78 valence electrons. The summed E-state index contributed by atoms with van der Waals surface area (Å²) in [6.45, 7) is -3.19. The molecule has 8 heteroatoms. The molecule has 2 atom stereocenters. The van der Waals surface area contributed by atoms with Crippen LogP contribution in [0.5, 0.6) is 0 Å². The number of hydrogen-bond donors (Lipinski definition) is 2. The Kier molecular flexibility index (Phi) is 4.83. The van der Waals surface area contributed by atoms with Gasteiger partial charge in [0.25, 0.3) is 0 Å². The predicted octanol–water partition coefficient (Wildman–Crippen LogP) is 1.06. The Morgan fingerprint density at radius 1 is 1.29 bits per heavy atom. The van der Waals surface area contributed by atoms with Gasteiger partial charge < -0.3 is 9.79 Å². The first kappa shape index (κ1) is 12.4. The first-order valence-corrected chi connectivity index (χ1v) is 8.66. The molecule has 0 spiro atoms. The summed E-state index contributed by atoms with van der Waals surface area (Å²) in [7, 11) is -2.41. The fourth-order valence-corrected chi connectivity index (χ4v) is 2.95. The smallest absolute Gasteiger partial charge is 0.250 e. The maximum atomic E-state index is 9.67. The van der Waals surface area contributed by atoms with E-state index in [4.69, 9.17) is 16.7 Å². The van der Waals surface area contributed by atoms with Gasteiger partial charge in [-0.2, -0.15) is 9.35 Å². The Balaban J connectivity index is 2.76. The third-order valence-electron chi connectivity index (χ3n) is 1.29. The van der Waals surface area contributed by atoms with Crippen molar-refractivity contribution >= 4 is 42.6 Å². The molecule has 0 heterocycles. The van der Waals surface area contributed by atoms with Crippen LogP contribution >= 0.6 is 13.6 Å². The third kappa shape index (κ3) is 3.85. The van der Waals surface area contributed by atoms with Gasteiger partial charge in [0.2, 0.25) is 13.6 Å². The van der Waals surface area contributed by atoms with Crippen LogP contribution in [0.4, 0.5) is 0 Å². The van der Waals surface area contributed by atoms with Crippen LogP contribution in [-0.2, 0) is 33.0 Å². The van der Waals surface area contributed by atoms with Crippen LogP contribution in [0.1, 0.15) is 0 Å². The van der Waals surface area contributed by atoms with Crippen LogP contribution in [0.3, 0.4) is 0 Å². The van der Waals surface area contributed by atoms with Crippen molar-refractivity contribution in [1.29, 1.82) is 0 Å². The SMILES string of the molecule is O[PH](=S)OOP(O)(=S)c1ccccc1. The van der Waals surface area contributed by atoms with E-state index in [1.54, 1.807) is 30.3 Å². The fourth-order valence-electron chi connectivity index (χ4n) is 0.742. The number of hydrogen-bond acceptors (Lipinski definition) is 4. The van der Waals surface area contributed by atoms with Gasteiger partial charge in [0.1, 0.15) is 0 Å². The van der Waals surface area contributed by atoms with Crippen molar-refractivity contribution in [3.8, 4) is 0 Å². The van der Waals surface area contributed by atoms with E-state index in [9.17, 15) is 4.89 Å². The highest BCUT2D eigenvalue weighted by Gasteiger charge is 2.18. The molecule has 0 saturated heterocycles. The molecule has 0 bridgehead atoms. The normalized spacial score (nSPS) is 17.3. The van der Waals surface area contributed by atoms with Gasteiger partial charge in [0.05, 0.1) is 0 Å². The maximum Gasteiger partial charge on any atom is 0.250 e. The molecule has 14 heavy (non-hydrogen) atoms. The summed E-state index contributed by atoms with van der Waals surface area (Å²) in [4.78, 5) is 18.4. The molecule has 0 aliphatic rings. The lowest BCUT2D eigenvalue weighted by Crippen LogP contribution is -2.04. The molecule has 0 aliphatic heterocycles. The van der Waals surface area contributed by atoms with Gasteiger partial charge in [-0.05, 0) is 35.7 Å². The average Bonchev–Trinajstić information content (AvgIpc) is 2.16. The topological polar surface area (TPSA) is 58.9 Å². The highest BCUT2D eigenvalue weighted by atomic mass is 32.5. The zero-order valence-corrected chi connectivity index (χ0v) is 10.4. The van der Waals surface area contributed by atoms with Crippen molar-refractivity contribution in [2.75, 3.05) is 0 Å². The molecule has 0 aliphatic carbocycles. The second-order valence-electron chi connectivity index (χ2n) is 2.28. The van der Waals surface area contributed by atoms with Gasteiger partial charge in [-0.3, -0.25) is 0 Å². The van der Waals surface area contributed by atoms with Crippen LogP contribution in [-0.4, -0.2) is 9.79 Å². The molecule has 2 unspecified atom stereocenters. The van der Waals surface area contributed by atoms with E-state index in [1.165, 1.54) is 0 Å². The zero-order chi connectivity index (χ0) is 10.6. The number of rotatable bonds is 4. The van der Waals surface area contributed by atoms with Crippen LogP contribution < -0.4 is 5.30 Å². The molecule has 2 N–H and O–H groups in total. The van der Waals surface area contributed by atoms with E-state index in [0.29, 0.717) is 5.30 Å². The van der Waals surface area contributed by atoms with Crippen molar-refractivity contribution in [1.82, 2.24) is 0 Å². The van der Waals surface area contributed by atoms with Gasteiger partial charge in [-0.1, -0.05) is 18.2 Å². The molecule has 0 aromatic heterocycles. The third-order valence-corrected chi connectivity index (χ3v) is 3.90. The van der Waals surface area contributed by atoms with Crippen LogP contribution in [0.2, 0.25) is 0 Å². The summed E-state index contributed by atoms with van der Waals surface area (Å²) in [6.07, 6.45) is 0. The Morgan fingerprint density at radius 3 is 2.36 bits per heavy atom. The van der Waals surface area contributed by atoms with Crippen molar-refractivity contribution in [3.63, 3.8) is 0 Å². The summed E-state index contributed by atoms with van der Waals surface area (Å²) in [5, 5.41) is 0.452. The molecule has 4 nitrogen and oxygen atoms in total. The van der Waals surface area contributed by atoms with Crippen LogP contribution in [0, 0.1) is 0 Å². The largest absolute Gasteiger partial charge is 0.345 e. The van der Waals surface area contributed by atoms with Crippen LogP contribution in [0.15, 0.2) is 30.3 Å². The standard InChI is InChI=1S/C6H8O4P2S2/c7-11(13)9-10-12(8,14)6-4-2-1-3-5-6/h1-5,11H,(H,7,13)(H,8,14). The quantitative estimate of drug-likeness (QED) is 0.485. The first-order valence-electron chi connectivity index (χ1n) is 3.50. The lowest BCUT2D eigenvalue weighted by atomic mass is 10.4. The second kappa shape index (κ2) is 5.45. The Labute approximate surface area is 92.2 Å². The lowest BCUT2D eigenvalue weighted by molar-refractivity contribution is -0.0898. The Hall–Kier alpha value is 0.360. The summed E-state index contributed by atoms with van der Waals surface area (Å²) in [6, 6.07) is 8.46. The maximum absolute atomic E-state index is 9.67. The summed E-state index contributed by atoms with van der Waals surface area (Å²) in [5.74, 6) is 0. The van der Waals surface area contributed by atoms with E-state index >= 15 is 0 Å². The van der Waals surface area contributed by atoms with E-state index in [1.807, 2.05) is 0 Å². The van der Waals surface area contributed by atoms with E-state index in [0.717, 1.165) is 0 Å². The molecule has 1 rings (SSSR count). The fraction of sp³-hybridized carbons (Fsp3) is 0. The van der Waals surface area contributed by atoms with Gasteiger partial charge in [0, 0.05) is 5.30 Å². The van der Waals surface area contributed by atoms with Crippen molar-refractivity contribution in [2.24, 2.45) is 0 Å². The molecule has 1 aromatic carbocycles. The van der Waals surface area contributed by atoms with Crippen molar-refractivity contribution in [3.05, 3.63) is 30.3 Å². The average molecular weight is 270 g/mol. The molecule has 0 radical (unpaired) electrons. The van der Waals surface area contributed by atoms with Gasteiger partial charge in [0.15, 0.2) is 0 Å². The molecular weight excluding hydrogens is 262 g/mol. The predicted molar refractivity (Wildman–Crippen MR) is 62.6 cm³/mol. The summed E-state index contributed by atoms with van der Waals surface area (Å²) < 4.78 is 8.88. The molecule has 1 aromatic rings. The zero-order valence-electron chi connectivity index (χ0n) is 6.86. The highest BCUT2D eigenvalue weighted by molar-refractivity contribution is 8.13. The van der Waals surface area contributed by atoms with Crippen molar-refractivity contribution < 1.29 is 19.1 Å².